The lowest BCUT2D eigenvalue weighted by atomic mass is 10.2. The topological polar surface area (TPSA) is 40.5 Å². The minimum absolute atomic E-state index is 0.0350. The molecule has 0 aliphatic carbocycles. The van der Waals surface area contributed by atoms with Gasteiger partial charge in [-0.1, -0.05) is 13.8 Å². The normalized spacial score (nSPS) is 10.3. The number of amides is 1. The van der Waals surface area contributed by atoms with Gasteiger partial charge < -0.3 is 10.0 Å². The van der Waals surface area contributed by atoms with Crippen molar-refractivity contribution in [3.8, 4) is 0 Å². The fourth-order valence-electron chi connectivity index (χ4n) is 0.939. The van der Waals surface area contributed by atoms with Gasteiger partial charge in [0.25, 0.3) is 0 Å². The van der Waals surface area contributed by atoms with E-state index in [0.717, 1.165) is 6.54 Å². The molecule has 0 unspecified atom stereocenters. The molecule has 0 saturated carbocycles. The molecule has 66 valence electrons. The van der Waals surface area contributed by atoms with E-state index in [1.807, 2.05) is 13.8 Å². The Bertz CT molecular complexity index is 123. The van der Waals surface area contributed by atoms with E-state index >= 15 is 0 Å². The Balaban J connectivity index is 3.79. The molecule has 0 atom stereocenters. The Morgan fingerprint density at radius 3 is 2.36 bits per heavy atom. The average molecular weight is 159 g/mol. The number of aliphatic hydroxyl groups is 1. The van der Waals surface area contributed by atoms with Crippen LogP contribution in [0.2, 0.25) is 0 Å². The molecule has 0 heterocycles. The first-order valence-electron chi connectivity index (χ1n) is 3.94. The Kier molecular flexibility index (Phi) is 4.86. The third-order valence-electron chi connectivity index (χ3n) is 1.40. The Labute approximate surface area is 68.0 Å². The second-order valence-electron chi connectivity index (χ2n) is 3.08. The first-order chi connectivity index (χ1) is 5.07. The van der Waals surface area contributed by atoms with Gasteiger partial charge in [0.1, 0.15) is 0 Å². The molecule has 0 radical (unpaired) electrons. The third kappa shape index (κ3) is 4.79. The van der Waals surface area contributed by atoms with Gasteiger partial charge in [0.05, 0.1) is 6.61 Å². The zero-order chi connectivity index (χ0) is 8.85. The van der Waals surface area contributed by atoms with Crippen molar-refractivity contribution in [1.82, 2.24) is 4.90 Å². The summed E-state index contributed by atoms with van der Waals surface area (Å²) in [6.07, 6.45) is 0. The van der Waals surface area contributed by atoms with Crippen LogP contribution in [0.3, 0.4) is 0 Å². The summed E-state index contributed by atoms with van der Waals surface area (Å²) in [5.41, 5.74) is 0. The molecule has 11 heavy (non-hydrogen) atoms. The van der Waals surface area contributed by atoms with Crippen LogP contribution in [0, 0.1) is 5.92 Å². The van der Waals surface area contributed by atoms with Crippen LogP contribution in [-0.2, 0) is 4.79 Å². The monoisotopic (exact) mass is 159 g/mol. The van der Waals surface area contributed by atoms with Gasteiger partial charge in [-0.3, -0.25) is 4.79 Å². The molecular formula is C8H17NO2. The Morgan fingerprint density at radius 2 is 2.09 bits per heavy atom. The number of carbonyl (C=O) groups is 1. The highest BCUT2D eigenvalue weighted by Gasteiger charge is 2.08. The smallest absolute Gasteiger partial charge is 0.219 e. The minimum Gasteiger partial charge on any atom is -0.395 e. The molecule has 0 aromatic carbocycles. The molecule has 0 aliphatic heterocycles. The van der Waals surface area contributed by atoms with Crippen LogP contribution in [0.1, 0.15) is 20.8 Å². The molecule has 0 rings (SSSR count). The Morgan fingerprint density at radius 1 is 1.55 bits per heavy atom. The third-order valence-corrected chi connectivity index (χ3v) is 1.40. The highest BCUT2D eigenvalue weighted by atomic mass is 16.3. The predicted molar refractivity (Wildman–Crippen MR) is 44.2 cm³/mol. The molecule has 0 aromatic heterocycles. The van der Waals surface area contributed by atoms with Crippen LogP contribution in [0.5, 0.6) is 0 Å². The fraction of sp³-hybridized carbons (Fsp3) is 0.875. The van der Waals surface area contributed by atoms with E-state index in [1.54, 1.807) is 4.90 Å². The highest BCUT2D eigenvalue weighted by Crippen LogP contribution is 1.97. The van der Waals surface area contributed by atoms with Crippen molar-refractivity contribution in [3.05, 3.63) is 0 Å². The van der Waals surface area contributed by atoms with E-state index in [-0.39, 0.29) is 12.5 Å². The van der Waals surface area contributed by atoms with Crippen molar-refractivity contribution >= 4 is 5.91 Å². The first-order valence-corrected chi connectivity index (χ1v) is 3.94. The lowest BCUT2D eigenvalue weighted by molar-refractivity contribution is -0.129. The molecule has 1 N–H and O–H groups in total. The molecule has 1 amide bonds. The van der Waals surface area contributed by atoms with Gasteiger partial charge in [0.15, 0.2) is 0 Å². The predicted octanol–water partition coefficient (Wildman–Crippen LogP) is 0.483. The lowest BCUT2D eigenvalue weighted by Crippen LogP contribution is -2.34. The van der Waals surface area contributed by atoms with Gasteiger partial charge >= 0.3 is 0 Å². The van der Waals surface area contributed by atoms with Gasteiger partial charge in [-0.25, -0.2) is 0 Å². The van der Waals surface area contributed by atoms with Crippen molar-refractivity contribution in [1.29, 1.82) is 0 Å². The first kappa shape index (κ1) is 10.4. The second kappa shape index (κ2) is 5.13. The van der Waals surface area contributed by atoms with Gasteiger partial charge in [-0.05, 0) is 5.92 Å². The van der Waals surface area contributed by atoms with Crippen LogP contribution in [0.25, 0.3) is 0 Å². The number of nitrogens with zero attached hydrogens (tertiary/aromatic N) is 1. The molecule has 0 saturated heterocycles. The highest BCUT2D eigenvalue weighted by molar-refractivity contribution is 5.73. The van der Waals surface area contributed by atoms with Crippen LogP contribution in [0.15, 0.2) is 0 Å². The van der Waals surface area contributed by atoms with E-state index in [9.17, 15) is 4.79 Å². The minimum atomic E-state index is 0.0350. The van der Waals surface area contributed by atoms with Crippen LogP contribution < -0.4 is 0 Å². The van der Waals surface area contributed by atoms with Crippen molar-refractivity contribution in [2.24, 2.45) is 5.92 Å². The van der Waals surface area contributed by atoms with Gasteiger partial charge in [-0.15, -0.1) is 0 Å². The number of hydrogen-bond donors (Lipinski definition) is 1. The van der Waals surface area contributed by atoms with E-state index in [1.165, 1.54) is 6.92 Å². The SMILES string of the molecule is CC(=O)N(CCO)CC(C)C. The average Bonchev–Trinajstić information content (AvgIpc) is 1.86. The largest absolute Gasteiger partial charge is 0.395 e. The molecule has 0 fully saturated rings. The Hall–Kier alpha value is -0.570. The standard InChI is InChI=1S/C8H17NO2/c1-7(2)6-9(4-5-10)8(3)11/h7,10H,4-6H2,1-3H3. The summed E-state index contributed by atoms with van der Waals surface area (Å²) in [4.78, 5) is 12.5. The van der Waals surface area contributed by atoms with Crippen LogP contribution in [-0.4, -0.2) is 35.6 Å². The molecule has 3 heteroatoms. The zero-order valence-electron chi connectivity index (χ0n) is 7.50. The maximum absolute atomic E-state index is 10.9. The fourth-order valence-corrected chi connectivity index (χ4v) is 0.939. The molecule has 0 spiro atoms. The van der Waals surface area contributed by atoms with E-state index in [2.05, 4.69) is 0 Å². The van der Waals surface area contributed by atoms with Crippen molar-refractivity contribution in [2.75, 3.05) is 19.7 Å². The molecule has 0 aliphatic rings. The van der Waals surface area contributed by atoms with E-state index in [4.69, 9.17) is 5.11 Å². The quantitative estimate of drug-likeness (QED) is 0.648. The van der Waals surface area contributed by atoms with Crippen molar-refractivity contribution in [3.63, 3.8) is 0 Å². The maximum Gasteiger partial charge on any atom is 0.219 e. The molecule has 0 bridgehead atoms. The van der Waals surface area contributed by atoms with Crippen molar-refractivity contribution < 1.29 is 9.90 Å². The summed E-state index contributed by atoms with van der Waals surface area (Å²) in [7, 11) is 0. The van der Waals surface area contributed by atoms with Gasteiger partial charge in [0, 0.05) is 20.0 Å². The summed E-state index contributed by atoms with van der Waals surface area (Å²) in [6.45, 7) is 6.86. The number of hydrogen-bond acceptors (Lipinski definition) is 2. The van der Waals surface area contributed by atoms with Gasteiger partial charge in [-0.2, -0.15) is 0 Å². The summed E-state index contributed by atoms with van der Waals surface area (Å²) >= 11 is 0. The zero-order valence-corrected chi connectivity index (χ0v) is 7.50. The second-order valence-corrected chi connectivity index (χ2v) is 3.08. The molecule has 0 aromatic rings. The molecular weight excluding hydrogens is 142 g/mol. The lowest BCUT2D eigenvalue weighted by Gasteiger charge is -2.21. The number of aliphatic hydroxyl groups excluding tert-OH is 1. The summed E-state index contributed by atoms with van der Waals surface area (Å²) in [5, 5.41) is 8.60. The van der Waals surface area contributed by atoms with Gasteiger partial charge in [0.2, 0.25) is 5.91 Å². The molecule has 3 nitrogen and oxygen atoms in total. The van der Waals surface area contributed by atoms with Crippen LogP contribution in [0.4, 0.5) is 0 Å². The number of carbonyl (C=O) groups excluding carboxylic acids is 1. The van der Waals surface area contributed by atoms with Crippen molar-refractivity contribution in [2.45, 2.75) is 20.8 Å². The van der Waals surface area contributed by atoms with E-state index < -0.39 is 0 Å². The summed E-state index contributed by atoms with van der Waals surface area (Å²) < 4.78 is 0. The van der Waals surface area contributed by atoms with Crippen LogP contribution >= 0.6 is 0 Å². The summed E-state index contributed by atoms with van der Waals surface area (Å²) in [5.74, 6) is 0.498. The van der Waals surface area contributed by atoms with E-state index in [0.29, 0.717) is 12.5 Å². The number of rotatable bonds is 4. The maximum atomic E-state index is 10.9. The summed E-state index contributed by atoms with van der Waals surface area (Å²) in [6, 6.07) is 0.